The van der Waals surface area contributed by atoms with Crippen molar-refractivity contribution in [3.63, 3.8) is 0 Å². The van der Waals surface area contributed by atoms with Gasteiger partial charge in [0, 0.05) is 55.4 Å². The predicted molar refractivity (Wildman–Crippen MR) is 213 cm³/mol. The Morgan fingerprint density at radius 1 is 0.404 bits per heavy atom. The van der Waals surface area contributed by atoms with Crippen LogP contribution in [0.5, 0.6) is 0 Å². The van der Waals surface area contributed by atoms with Crippen LogP contribution in [0.25, 0.3) is 105 Å². The molecule has 5 heteroatoms. The third-order valence-electron chi connectivity index (χ3n) is 10.2. The summed E-state index contributed by atoms with van der Waals surface area (Å²) >= 11 is 0. The van der Waals surface area contributed by atoms with Gasteiger partial charge in [0.15, 0.2) is 17.5 Å². The van der Waals surface area contributed by atoms with Crippen LogP contribution in [-0.4, -0.2) is 19.5 Å². The Balaban J connectivity index is 1.15. The molecule has 0 radical (unpaired) electrons. The van der Waals surface area contributed by atoms with E-state index in [0.29, 0.717) is 17.5 Å². The Kier molecular flexibility index (Phi) is 6.18. The van der Waals surface area contributed by atoms with Crippen molar-refractivity contribution in [2.75, 3.05) is 0 Å². The third-order valence-corrected chi connectivity index (χ3v) is 10.2. The van der Waals surface area contributed by atoms with E-state index in [2.05, 4.69) is 132 Å². The average molecular weight is 665 g/mol. The van der Waals surface area contributed by atoms with Gasteiger partial charge in [0.2, 0.25) is 0 Å². The van der Waals surface area contributed by atoms with Gasteiger partial charge in [0.1, 0.15) is 11.2 Å². The summed E-state index contributed by atoms with van der Waals surface area (Å²) in [7, 11) is 0. The maximum atomic E-state index is 6.67. The lowest BCUT2D eigenvalue weighted by Gasteiger charge is -2.11. The number of furan rings is 1. The second-order valence-electron chi connectivity index (χ2n) is 13.2. The molecule has 11 aromatic rings. The van der Waals surface area contributed by atoms with Gasteiger partial charge in [-0.1, -0.05) is 140 Å². The largest absolute Gasteiger partial charge is 0.456 e. The van der Waals surface area contributed by atoms with E-state index in [0.717, 1.165) is 60.6 Å². The molecule has 0 unspecified atom stereocenters. The van der Waals surface area contributed by atoms with E-state index in [1.807, 2.05) is 42.5 Å². The van der Waals surface area contributed by atoms with Crippen molar-refractivity contribution in [1.29, 1.82) is 0 Å². The summed E-state index contributed by atoms with van der Waals surface area (Å²) in [5.41, 5.74) is 7.77. The molecule has 3 heterocycles. The zero-order valence-electron chi connectivity index (χ0n) is 27.9. The Hall–Kier alpha value is -7.11. The third kappa shape index (κ3) is 4.33. The molecule has 5 nitrogen and oxygen atoms in total. The van der Waals surface area contributed by atoms with E-state index in [4.69, 9.17) is 19.4 Å². The van der Waals surface area contributed by atoms with Gasteiger partial charge in [0.25, 0.3) is 0 Å². The van der Waals surface area contributed by atoms with E-state index < -0.39 is 0 Å². The van der Waals surface area contributed by atoms with E-state index in [1.165, 1.54) is 27.1 Å². The Labute approximate surface area is 298 Å². The number of para-hydroxylation sites is 1. The van der Waals surface area contributed by atoms with E-state index in [9.17, 15) is 0 Å². The van der Waals surface area contributed by atoms with Gasteiger partial charge in [-0.2, -0.15) is 0 Å². The van der Waals surface area contributed by atoms with Crippen LogP contribution in [0.15, 0.2) is 174 Å². The Morgan fingerprint density at radius 2 is 1.04 bits per heavy atom. The zero-order chi connectivity index (χ0) is 34.2. The average Bonchev–Trinajstić information content (AvgIpc) is 3.76. The first-order valence-electron chi connectivity index (χ1n) is 17.5. The fourth-order valence-corrected chi connectivity index (χ4v) is 7.89. The minimum Gasteiger partial charge on any atom is -0.456 e. The van der Waals surface area contributed by atoms with Gasteiger partial charge in [-0.15, -0.1) is 0 Å². The number of rotatable bonds is 4. The van der Waals surface area contributed by atoms with E-state index >= 15 is 0 Å². The van der Waals surface area contributed by atoms with Crippen molar-refractivity contribution < 1.29 is 4.42 Å². The molecule has 0 saturated carbocycles. The van der Waals surface area contributed by atoms with Gasteiger partial charge in [-0.25, -0.2) is 15.0 Å². The topological polar surface area (TPSA) is 56.7 Å². The second-order valence-corrected chi connectivity index (χ2v) is 13.2. The molecule has 0 bridgehead atoms. The van der Waals surface area contributed by atoms with Crippen LogP contribution >= 0.6 is 0 Å². The van der Waals surface area contributed by atoms with Crippen LogP contribution in [-0.2, 0) is 0 Å². The number of fused-ring (bicyclic) bond motifs is 9. The smallest absolute Gasteiger partial charge is 0.164 e. The lowest BCUT2D eigenvalue weighted by molar-refractivity contribution is 0.668. The zero-order valence-corrected chi connectivity index (χ0v) is 27.9. The fraction of sp³-hybridized carbons (Fsp3) is 0. The summed E-state index contributed by atoms with van der Waals surface area (Å²) in [6.07, 6.45) is 0. The highest BCUT2D eigenvalue weighted by atomic mass is 16.3. The lowest BCUT2D eigenvalue weighted by Crippen LogP contribution is -2.00. The SMILES string of the molecule is c1ccc(-c2nc(-c3cccc4ccccc34)nc(-c3cccc4oc5cc(-n6c7ccccc7c7ccc8ccccc8c76)ccc5c34)n2)cc1. The molecule has 0 spiro atoms. The summed E-state index contributed by atoms with van der Waals surface area (Å²) < 4.78 is 9.04. The number of hydrogen-bond donors (Lipinski definition) is 0. The van der Waals surface area contributed by atoms with E-state index in [-0.39, 0.29) is 0 Å². The van der Waals surface area contributed by atoms with Crippen molar-refractivity contribution in [3.05, 3.63) is 170 Å². The Bertz CT molecular complexity index is 3190. The number of benzene rings is 8. The van der Waals surface area contributed by atoms with Crippen molar-refractivity contribution in [3.8, 4) is 39.9 Å². The summed E-state index contributed by atoms with van der Waals surface area (Å²) in [4.78, 5) is 15.3. The molecule has 0 N–H and O–H groups in total. The standard InChI is InChI=1S/C47H28N4O/c1-2-14-31(15-3-1)45-48-46(37-20-10-16-29-12-4-6-17-33(29)37)50-47(49-45)39-21-11-23-41-43(39)38-27-25-32(28-42(38)52-41)51-40-22-9-8-19-35(40)36-26-24-30-13-5-7-18-34(30)44(36)51/h1-28H. The lowest BCUT2D eigenvalue weighted by atomic mass is 10.0. The van der Waals surface area contributed by atoms with Crippen LogP contribution in [0.4, 0.5) is 0 Å². The molecular weight excluding hydrogens is 637 g/mol. The second kappa shape index (κ2) is 11.2. The minimum absolute atomic E-state index is 0.600. The molecule has 11 rings (SSSR count). The van der Waals surface area contributed by atoms with E-state index in [1.54, 1.807) is 0 Å². The van der Waals surface area contributed by atoms with Crippen molar-refractivity contribution >= 4 is 65.3 Å². The van der Waals surface area contributed by atoms with Crippen LogP contribution in [0.2, 0.25) is 0 Å². The highest BCUT2D eigenvalue weighted by Crippen LogP contribution is 2.41. The van der Waals surface area contributed by atoms with Crippen LogP contribution in [0, 0.1) is 0 Å². The summed E-state index contributed by atoms with van der Waals surface area (Å²) in [5.74, 6) is 1.86. The molecule has 242 valence electrons. The first-order chi connectivity index (χ1) is 25.8. The molecule has 3 aromatic heterocycles. The highest BCUT2D eigenvalue weighted by Gasteiger charge is 2.20. The summed E-state index contributed by atoms with van der Waals surface area (Å²) in [6.45, 7) is 0. The summed E-state index contributed by atoms with van der Waals surface area (Å²) in [6, 6.07) is 59.1. The molecule has 8 aromatic carbocycles. The maximum Gasteiger partial charge on any atom is 0.164 e. The van der Waals surface area contributed by atoms with Gasteiger partial charge in [-0.05, 0) is 40.4 Å². The van der Waals surface area contributed by atoms with Gasteiger partial charge in [-0.3, -0.25) is 0 Å². The Morgan fingerprint density at radius 3 is 1.90 bits per heavy atom. The molecule has 0 aliphatic rings. The normalized spacial score (nSPS) is 11.8. The molecule has 0 aliphatic carbocycles. The first-order valence-corrected chi connectivity index (χ1v) is 17.5. The van der Waals surface area contributed by atoms with Gasteiger partial charge >= 0.3 is 0 Å². The minimum atomic E-state index is 0.600. The molecule has 52 heavy (non-hydrogen) atoms. The quantitative estimate of drug-likeness (QED) is 0.188. The van der Waals surface area contributed by atoms with Crippen LogP contribution in [0.3, 0.4) is 0 Å². The van der Waals surface area contributed by atoms with Gasteiger partial charge < -0.3 is 8.98 Å². The van der Waals surface area contributed by atoms with Crippen LogP contribution in [0.1, 0.15) is 0 Å². The first kappa shape index (κ1) is 28.7. The fourth-order valence-electron chi connectivity index (χ4n) is 7.89. The predicted octanol–water partition coefficient (Wildman–Crippen LogP) is 12.2. The van der Waals surface area contributed by atoms with Crippen molar-refractivity contribution in [1.82, 2.24) is 19.5 Å². The number of hydrogen-bond acceptors (Lipinski definition) is 4. The van der Waals surface area contributed by atoms with Crippen LogP contribution < -0.4 is 0 Å². The molecule has 0 amide bonds. The number of nitrogens with zero attached hydrogens (tertiary/aromatic N) is 4. The molecular formula is C47H28N4O. The van der Waals surface area contributed by atoms with Crippen molar-refractivity contribution in [2.45, 2.75) is 0 Å². The van der Waals surface area contributed by atoms with Gasteiger partial charge in [0.05, 0.1) is 11.0 Å². The summed E-state index contributed by atoms with van der Waals surface area (Å²) in [5, 5.41) is 9.10. The molecule has 0 fully saturated rings. The molecule has 0 saturated heterocycles. The molecule has 0 aliphatic heterocycles. The highest BCUT2D eigenvalue weighted by molar-refractivity contribution is 6.19. The molecule has 0 atom stereocenters. The maximum absolute atomic E-state index is 6.67. The monoisotopic (exact) mass is 664 g/mol. The number of aromatic nitrogens is 4. The van der Waals surface area contributed by atoms with Crippen molar-refractivity contribution in [2.24, 2.45) is 0 Å².